The number of para-hydroxylation sites is 1. The molecule has 0 aliphatic heterocycles. The Morgan fingerprint density at radius 1 is 1.04 bits per heavy atom. The van der Waals surface area contributed by atoms with Crippen LogP contribution in [0.25, 0.3) is 0 Å². The molecule has 0 aliphatic carbocycles. The predicted octanol–water partition coefficient (Wildman–Crippen LogP) is 3.24. The minimum Gasteiger partial charge on any atom is -0.496 e. The molecule has 1 aromatic heterocycles. The number of aryl methyl sites for hydroxylation is 2. The van der Waals surface area contributed by atoms with E-state index in [-0.39, 0.29) is 11.5 Å². The Morgan fingerprint density at radius 2 is 1.68 bits per heavy atom. The first-order chi connectivity index (χ1) is 13.5. The highest BCUT2D eigenvalue weighted by atomic mass is 16.5. The maximum absolute atomic E-state index is 13.2. The average Bonchev–Trinajstić information content (AvgIpc) is 2.69. The molecule has 28 heavy (non-hydrogen) atoms. The molecule has 0 unspecified atom stereocenters. The van der Waals surface area contributed by atoms with Crippen molar-refractivity contribution in [2.75, 3.05) is 7.11 Å². The van der Waals surface area contributed by atoms with Crippen LogP contribution in [0.2, 0.25) is 0 Å². The molecule has 3 aromatic rings. The van der Waals surface area contributed by atoms with Gasteiger partial charge in [0.2, 0.25) is 0 Å². The number of carbonyl (C=O) groups excluding carboxylic acids is 1. The summed E-state index contributed by atoms with van der Waals surface area (Å²) in [6, 6.07) is 15.4. The number of nitrogens with one attached hydrogen (secondary N) is 1. The second-order valence-corrected chi connectivity index (χ2v) is 6.61. The number of hydrogen-bond donors (Lipinski definition) is 1. The molecule has 2 aromatic carbocycles. The summed E-state index contributed by atoms with van der Waals surface area (Å²) in [5, 5.41) is 0. The topological polar surface area (TPSA) is 75.3 Å². The molecule has 0 saturated heterocycles. The quantitative estimate of drug-likeness (QED) is 0.716. The normalized spacial score (nSPS) is 10.5. The van der Waals surface area contributed by atoms with Crippen molar-refractivity contribution in [3.05, 3.63) is 93.2 Å². The highest BCUT2D eigenvalue weighted by Gasteiger charge is 2.21. The Morgan fingerprint density at radius 3 is 2.36 bits per heavy atom. The van der Waals surface area contributed by atoms with Gasteiger partial charge in [0.25, 0.3) is 11.5 Å². The zero-order chi connectivity index (χ0) is 20.1. The van der Waals surface area contributed by atoms with E-state index in [2.05, 4.69) is 9.97 Å². The van der Waals surface area contributed by atoms with Crippen LogP contribution < -0.4 is 10.3 Å². The van der Waals surface area contributed by atoms with Crippen LogP contribution in [0, 0.1) is 13.8 Å². The lowest BCUT2D eigenvalue weighted by atomic mass is 10.1. The van der Waals surface area contributed by atoms with Crippen LogP contribution in [0.1, 0.15) is 32.9 Å². The van der Waals surface area contributed by atoms with Gasteiger partial charge in [0.15, 0.2) is 0 Å². The number of methoxy groups -OCH3 is 1. The van der Waals surface area contributed by atoms with Crippen molar-refractivity contribution in [1.82, 2.24) is 14.9 Å². The Balaban J connectivity index is 1.99. The number of ether oxygens (including phenoxy) is 1. The van der Waals surface area contributed by atoms with Gasteiger partial charge in [-0.2, -0.15) is 0 Å². The highest BCUT2D eigenvalue weighted by molar-refractivity contribution is 5.93. The minimum atomic E-state index is -0.438. The van der Waals surface area contributed by atoms with Crippen LogP contribution in [0.3, 0.4) is 0 Å². The van der Waals surface area contributed by atoms with Gasteiger partial charge in [-0.3, -0.25) is 9.59 Å². The van der Waals surface area contributed by atoms with Crippen molar-refractivity contribution in [1.29, 1.82) is 0 Å². The van der Waals surface area contributed by atoms with Gasteiger partial charge < -0.3 is 14.6 Å². The molecule has 3 rings (SSSR count). The number of aromatic nitrogens is 2. The van der Waals surface area contributed by atoms with Gasteiger partial charge in [0.05, 0.1) is 7.11 Å². The number of nitrogens with zero attached hydrogens (tertiary/aromatic N) is 2. The zero-order valence-corrected chi connectivity index (χ0v) is 16.2. The van der Waals surface area contributed by atoms with E-state index in [1.165, 1.54) is 6.20 Å². The van der Waals surface area contributed by atoms with E-state index in [1.54, 1.807) is 18.9 Å². The van der Waals surface area contributed by atoms with Crippen molar-refractivity contribution < 1.29 is 9.53 Å². The molecule has 0 fully saturated rings. The Kier molecular flexibility index (Phi) is 5.89. The number of rotatable bonds is 6. The van der Waals surface area contributed by atoms with Crippen LogP contribution in [0.4, 0.5) is 0 Å². The van der Waals surface area contributed by atoms with E-state index in [1.807, 2.05) is 55.5 Å². The Bertz CT molecular complexity index is 1040. The molecule has 6 nitrogen and oxygen atoms in total. The van der Waals surface area contributed by atoms with E-state index >= 15 is 0 Å². The molecular formula is C22H23N3O3. The molecule has 6 heteroatoms. The van der Waals surface area contributed by atoms with Gasteiger partial charge in [-0.15, -0.1) is 0 Å². The summed E-state index contributed by atoms with van der Waals surface area (Å²) in [4.78, 5) is 33.9. The Labute approximate surface area is 163 Å². The summed E-state index contributed by atoms with van der Waals surface area (Å²) in [6.07, 6.45) is 1.34. The first kappa shape index (κ1) is 19.4. The molecule has 0 saturated carbocycles. The van der Waals surface area contributed by atoms with Crippen molar-refractivity contribution in [2.45, 2.75) is 26.9 Å². The fraction of sp³-hybridized carbons (Fsp3) is 0.227. The molecule has 1 amide bonds. The van der Waals surface area contributed by atoms with Crippen molar-refractivity contribution in [2.24, 2.45) is 0 Å². The maximum Gasteiger partial charge on any atom is 0.263 e. The molecule has 0 bridgehead atoms. The number of hydrogen-bond acceptors (Lipinski definition) is 4. The largest absolute Gasteiger partial charge is 0.496 e. The van der Waals surface area contributed by atoms with E-state index in [0.717, 1.165) is 16.7 Å². The number of carbonyl (C=O) groups is 1. The fourth-order valence-electron chi connectivity index (χ4n) is 3.04. The lowest BCUT2D eigenvalue weighted by Crippen LogP contribution is -2.34. The number of benzene rings is 2. The molecule has 144 valence electrons. The summed E-state index contributed by atoms with van der Waals surface area (Å²) in [5.41, 5.74) is 2.54. The summed E-state index contributed by atoms with van der Waals surface area (Å²) in [5.74, 6) is 0.792. The van der Waals surface area contributed by atoms with Crippen LogP contribution in [0.15, 0.2) is 59.5 Å². The van der Waals surface area contributed by atoms with E-state index in [9.17, 15) is 9.59 Å². The predicted molar refractivity (Wildman–Crippen MR) is 107 cm³/mol. The Hall–Kier alpha value is -3.41. The molecule has 0 aliphatic rings. The molecule has 1 heterocycles. The third-order valence-corrected chi connectivity index (χ3v) is 4.62. The smallest absolute Gasteiger partial charge is 0.263 e. The van der Waals surface area contributed by atoms with Gasteiger partial charge >= 0.3 is 0 Å². The fourth-order valence-corrected chi connectivity index (χ4v) is 3.04. The lowest BCUT2D eigenvalue weighted by molar-refractivity contribution is 0.0726. The highest BCUT2D eigenvalue weighted by Crippen LogP contribution is 2.22. The number of amides is 1. The summed E-state index contributed by atoms with van der Waals surface area (Å²) >= 11 is 0. The van der Waals surface area contributed by atoms with Crippen molar-refractivity contribution in [3.63, 3.8) is 0 Å². The minimum absolute atomic E-state index is 0.0223. The van der Waals surface area contributed by atoms with Gasteiger partial charge in [0, 0.05) is 24.8 Å². The molecule has 0 spiro atoms. The number of H-pyrrole nitrogens is 1. The third kappa shape index (κ3) is 4.28. The van der Waals surface area contributed by atoms with Crippen LogP contribution in [-0.2, 0) is 13.1 Å². The van der Waals surface area contributed by atoms with Crippen LogP contribution >= 0.6 is 0 Å². The molecule has 0 radical (unpaired) electrons. The van der Waals surface area contributed by atoms with E-state index in [4.69, 9.17) is 4.74 Å². The SMILES string of the molecule is COc1ccccc1CN(Cc1ccccc1C)C(=O)c1cnc(C)[nH]c1=O. The lowest BCUT2D eigenvalue weighted by Gasteiger charge is -2.24. The summed E-state index contributed by atoms with van der Waals surface area (Å²) in [7, 11) is 1.60. The standard InChI is InChI=1S/C22H23N3O3/c1-15-8-4-5-9-17(15)13-25(14-18-10-6-7-11-20(18)28-3)22(27)19-12-23-16(2)24-21(19)26/h4-12H,13-14H2,1-3H3,(H,23,24,26). The van der Waals surface area contributed by atoms with Crippen LogP contribution in [-0.4, -0.2) is 27.9 Å². The zero-order valence-electron chi connectivity index (χ0n) is 16.2. The molecule has 1 N–H and O–H groups in total. The number of aromatic amines is 1. The van der Waals surface area contributed by atoms with Crippen molar-refractivity contribution >= 4 is 5.91 Å². The molecular weight excluding hydrogens is 354 g/mol. The molecule has 0 atom stereocenters. The van der Waals surface area contributed by atoms with Crippen molar-refractivity contribution in [3.8, 4) is 5.75 Å². The maximum atomic E-state index is 13.2. The second-order valence-electron chi connectivity index (χ2n) is 6.61. The third-order valence-electron chi connectivity index (χ3n) is 4.62. The van der Waals surface area contributed by atoms with Gasteiger partial charge in [0.1, 0.15) is 17.1 Å². The second kappa shape index (κ2) is 8.52. The first-order valence-corrected chi connectivity index (χ1v) is 9.01. The van der Waals surface area contributed by atoms with E-state index < -0.39 is 5.56 Å². The monoisotopic (exact) mass is 377 g/mol. The van der Waals surface area contributed by atoms with E-state index in [0.29, 0.717) is 24.7 Å². The average molecular weight is 377 g/mol. The van der Waals surface area contributed by atoms with Gasteiger partial charge in [-0.25, -0.2) is 4.98 Å². The summed E-state index contributed by atoms with van der Waals surface area (Å²) < 4.78 is 5.43. The first-order valence-electron chi connectivity index (χ1n) is 9.01. The summed E-state index contributed by atoms with van der Waals surface area (Å²) in [6.45, 7) is 4.36. The van der Waals surface area contributed by atoms with Gasteiger partial charge in [-0.1, -0.05) is 42.5 Å². The van der Waals surface area contributed by atoms with Gasteiger partial charge in [-0.05, 0) is 31.0 Å². The van der Waals surface area contributed by atoms with Crippen LogP contribution in [0.5, 0.6) is 5.75 Å².